The highest BCUT2D eigenvalue weighted by atomic mass is 16.5. The Labute approximate surface area is 166 Å². The molecule has 4 aliphatic rings. The Bertz CT molecular complexity index is 764. The fourth-order valence-corrected chi connectivity index (χ4v) is 6.16. The van der Waals surface area contributed by atoms with Crippen molar-refractivity contribution in [3.63, 3.8) is 0 Å². The number of hydrogen-bond acceptors (Lipinski definition) is 4. The van der Waals surface area contributed by atoms with Gasteiger partial charge in [0, 0.05) is 11.3 Å². The molecule has 4 bridgehead atoms. The number of hydrogen-bond donors (Lipinski definition) is 1. The van der Waals surface area contributed by atoms with Crippen LogP contribution in [0.1, 0.15) is 69.2 Å². The summed E-state index contributed by atoms with van der Waals surface area (Å²) in [5.74, 6) is 1.66. The average molecular weight is 383 g/mol. The smallest absolute Gasteiger partial charge is 0.307 e. The summed E-state index contributed by atoms with van der Waals surface area (Å²) in [5.41, 5.74) is 1.17. The van der Waals surface area contributed by atoms with Crippen molar-refractivity contribution in [3.05, 3.63) is 29.8 Å². The summed E-state index contributed by atoms with van der Waals surface area (Å²) < 4.78 is 5.48. The van der Waals surface area contributed by atoms with Crippen LogP contribution in [0.4, 0.5) is 5.69 Å². The average Bonchev–Trinajstić information content (AvgIpc) is 2.60. The molecule has 150 valence electrons. The van der Waals surface area contributed by atoms with Gasteiger partial charge < -0.3 is 10.1 Å². The lowest BCUT2D eigenvalue weighted by molar-refractivity contribution is -0.160. The molecular formula is C23H29NO4. The lowest BCUT2D eigenvalue weighted by Gasteiger charge is -2.56. The first-order valence-corrected chi connectivity index (χ1v) is 10.4. The summed E-state index contributed by atoms with van der Waals surface area (Å²) in [6, 6.07) is 6.77. The second kappa shape index (κ2) is 7.34. The minimum Gasteiger partial charge on any atom is -0.453 e. The number of anilines is 1. The number of rotatable bonds is 6. The highest BCUT2D eigenvalue weighted by Crippen LogP contribution is 2.61. The molecule has 1 aromatic carbocycles. The number of amides is 1. The number of nitrogens with one attached hydrogen (secondary N) is 1. The number of esters is 1. The molecule has 4 fully saturated rings. The summed E-state index contributed by atoms with van der Waals surface area (Å²) >= 11 is 0. The van der Waals surface area contributed by atoms with Crippen LogP contribution in [0.3, 0.4) is 0 Å². The van der Waals surface area contributed by atoms with E-state index >= 15 is 0 Å². The molecule has 1 atom stereocenters. The molecule has 0 aliphatic heterocycles. The summed E-state index contributed by atoms with van der Waals surface area (Å²) in [5, 5.41) is 2.73. The van der Waals surface area contributed by atoms with E-state index in [1.807, 2.05) is 0 Å². The van der Waals surface area contributed by atoms with Gasteiger partial charge in [-0.25, -0.2) is 0 Å². The molecule has 0 spiro atoms. The maximum atomic E-state index is 12.6. The number of carbonyl (C=O) groups excluding carboxylic acids is 3. The molecule has 0 heterocycles. The Hall–Kier alpha value is -2.17. The molecule has 0 aromatic heterocycles. The zero-order valence-corrected chi connectivity index (χ0v) is 16.7. The highest BCUT2D eigenvalue weighted by molar-refractivity contribution is 5.98. The second-order valence-corrected chi connectivity index (χ2v) is 9.35. The van der Waals surface area contributed by atoms with E-state index in [2.05, 4.69) is 5.32 Å². The SMILES string of the molecule is CC(=O)c1cccc(NC(=O)[C@H](C)OC(=O)CC23CC4CC(CC(C4)C2)C3)c1. The van der Waals surface area contributed by atoms with Gasteiger partial charge in [0.1, 0.15) is 0 Å². The first kappa shape index (κ1) is 19.2. The van der Waals surface area contributed by atoms with E-state index in [0.717, 1.165) is 37.0 Å². The van der Waals surface area contributed by atoms with E-state index in [1.165, 1.54) is 26.2 Å². The first-order chi connectivity index (χ1) is 13.3. The third-order valence-electron chi connectivity index (χ3n) is 6.90. The summed E-state index contributed by atoms with van der Waals surface area (Å²) in [7, 11) is 0. The fourth-order valence-electron chi connectivity index (χ4n) is 6.16. The van der Waals surface area contributed by atoms with Gasteiger partial charge >= 0.3 is 5.97 Å². The number of ether oxygens (including phenoxy) is 1. The Kier molecular flexibility index (Phi) is 5.02. The van der Waals surface area contributed by atoms with Crippen molar-refractivity contribution in [3.8, 4) is 0 Å². The van der Waals surface area contributed by atoms with Crippen molar-refractivity contribution >= 4 is 23.3 Å². The third kappa shape index (κ3) is 3.98. The van der Waals surface area contributed by atoms with Crippen LogP contribution < -0.4 is 5.32 Å². The summed E-state index contributed by atoms with van der Waals surface area (Å²) in [6.07, 6.45) is 7.03. The van der Waals surface area contributed by atoms with E-state index in [0.29, 0.717) is 17.7 Å². The van der Waals surface area contributed by atoms with Crippen molar-refractivity contribution in [1.82, 2.24) is 0 Å². The Morgan fingerprint density at radius 3 is 2.29 bits per heavy atom. The van der Waals surface area contributed by atoms with Crippen molar-refractivity contribution in [2.45, 2.75) is 64.9 Å². The molecule has 28 heavy (non-hydrogen) atoms. The van der Waals surface area contributed by atoms with Gasteiger partial charge in [0.15, 0.2) is 11.9 Å². The highest BCUT2D eigenvalue weighted by Gasteiger charge is 2.51. The van der Waals surface area contributed by atoms with Gasteiger partial charge in [-0.15, -0.1) is 0 Å². The number of carbonyl (C=O) groups is 3. The molecule has 1 amide bonds. The van der Waals surface area contributed by atoms with Crippen LogP contribution in [0.15, 0.2) is 24.3 Å². The maximum absolute atomic E-state index is 12.6. The van der Waals surface area contributed by atoms with E-state index in [-0.39, 0.29) is 23.1 Å². The molecule has 4 saturated carbocycles. The van der Waals surface area contributed by atoms with Gasteiger partial charge in [-0.05, 0) is 87.7 Å². The van der Waals surface area contributed by atoms with Crippen molar-refractivity contribution < 1.29 is 19.1 Å². The zero-order chi connectivity index (χ0) is 19.9. The molecule has 5 heteroatoms. The predicted molar refractivity (Wildman–Crippen MR) is 106 cm³/mol. The summed E-state index contributed by atoms with van der Waals surface area (Å²) in [4.78, 5) is 36.5. The molecule has 0 radical (unpaired) electrons. The largest absolute Gasteiger partial charge is 0.453 e. The Morgan fingerprint density at radius 1 is 1.11 bits per heavy atom. The lowest BCUT2D eigenvalue weighted by atomic mass is 9.49. The monoisotopic (exact) mass is 383 g/mol. The normalized spacial score (nSPS) is 31.3. The van der Waals surface area contributed by atoms with Gasteiger partial charge in [0.25, 0.3) is 5.91 Å². The van der Waals surface area contributed by atoms with E-state index in [1.54, 1.807) is 31.2 Å². The van der Waals surface area contributed by atoms with E-state index in [4.69, 9.17) is 4.74 Å². The van der Waals surface area contributed by atoms with Crippen LogP contribution in [0.25, 0.3) is 0 Å². The quantitative estimate of drug-likeness (QED) is 0.585. The van der Waals surface area contributed by atoms with Gasteiger partial charge in [-0.3, -0.25) is 14.4 Å². The molecule has 5 rings (SSSR count). The minimum absolute atomic E-state index is 0.0638. The molecule has 0 saturated heterocycles. The molecule has 4 aliphatic carbocycles. The van der Waals surface area contributed by atoms with Crippen LogP contribution in [0.5, 0.6) is 0 Å². The maximum Gasteiger partial charge on any atom is 0.307 e. The van der Waals surface area contributed by atoms with Crippen LogP contribution in [-0.4, -0.2) is 23.8 Å². The molecule has 1 N–H and O–H groups in total. The van der Waals surface area contributed by atoms with Crippen molar-refractivity contribution in [2.24, 2.45) is 23.2 Å². The van der Waals surface area contributed by atoms with Crippen LogP contribution in [0.2, 0.25) is 0 Å². The molecule has 0 unspecified atom stereocenters. The standard InChI is InChI=1S/C23H29NO4/c1-14(25)19-4-3-5-20(9-19)24-22(27)15(2)28-21(26)13-23-10-16-6-17(11-23)8-18(7-16)12-23/h3-5,9,15-18H,6-8,10-13H2,1-2H3,(H,24,27)/t15-,16?,17?,18?,23?/m0/s1. The van der Waals surface area contributed by atoms with Crippen LogP contribution >= 0.6 is 0 Å². The third-order valence-corrected chi connectivity index (χ3v) is 6.90. The van der Waals surface area contributed by atoms with Crippen molar-refractivity contribution in [2.75, 3.05) is 5.32 Å². The molecular weight excluding hydrogens is 354 g/mol. The second-order valence-electron chi connectivity index (χ2n) is 9.35. The minimum atomic E-state index is -0.859. The number of Topliss-reactive ketones (excluding diaryl/α,β-unsaturated/α-hetero) is 1. The van der Waals surface area contributed by atoms with Gasteiger partial charge in [0.05, 0.1) is 6.42 Å². The fraction of sp³-hybridized carbons (Fsp3) is 0.609. The first-order valence-electron chi connectivity index (χ1n) is 10.4. The molecule has 5 nitrogen and oxygen atoms in total. The zero-order valence-electron chi connectivity index (χ0n) is 16.7. The predicted octanol–water partition coefficient (Wildman–Crippen LogP) is 4.37. The van der Waals surface area contributed by atoms with E-state index in [9.17, 15) is 14.4 Å². The number of benzene rings is 1. The Balaban J connectivity index is 1.32. The number of ketones is 1. The lowest BCUT2D eigenvalue weighted by Crippen LogP contribution is -2.47. The Morgan fingerprint density at radius 2 is 1.71 bits per heavy atom. The van der Waals surface area contributed by atoms with E-state index < -0.39 is 6.10 Å². The van der Waals surface area contributed by atoms with Gasteiger partial charge in [0.2, 0.25) is 0 Å². The van der Waals surface area contributed by atoms with Crippen LogP contribution in [0, 0.1) is 23.2 Å². The van der Waals surface area contributed by atoms with Crippen LogP contribution in [-0.2, 0) is 14.3 Å². The summed E-state index contributed by atoms with van der Waals surface area (Å²) in [6.45, 7) is 3.08. The topological polar surface area (TPSA) is 72.5 Å². The van der Waals surface area contributed by atoms with Crippen molar-refractivity contribution in [1.29, 1.82) is 0 Å². The van der Waals surface area contributed by atoms with Gasteiger partial charge in [-0.1, -0.05) is 12.1 Å². The molecule has 1 aromatic rings. The van der Waals surface area contributed by atoms with Gasteiger partial charge in [-0.2, -0.15) is 0 Å².